The van der Waals surface area contributed by atoms with Gasteiger partial charge in [0.15, 0.2) is 0 Å². The van der Waals surface area contributed by atoms with E-state index in [-0.39, 0.29) is 0 Å². The fourth-order valence-electron chi connectivity index (χ4n) is 4.04. The minimum atomic E-state index is 0.495. The van der Waals surface area contributed by atoms with Crippen molar-refractivity contribution < 1.29 is 0 Å². The first kappa shape index (κ1) is 18.1. The molecule has 1 fully saturated rings. The summed E-state index contributed by atoms with van der Waals surface area (Å²) in [7, 11) is 8.34. The van der Waals surface area contributed by atoms with E-state index >= 15 is 0 Å². The van der Waals surface area contributed by atoms with Gasteiger partial charge in [0.05, 0.1) is 24.1 Å². The van der Waals surface area contributed by atoms with Gasteiger partial charge in [-0.3, -0.25) is 4.90 Å². The van der Waals surface area contributed by atoms with Crippen molar-refractivity contribution in [3.05, 3.63) is 41.7 Å². The average Bonchev–Trinajstić information content (AvgIpc) is 3.16. The van der Waals surface area contributed by atoms with Gasteiger partial charge in [-0.05, 0) is 52.2 Å². The molecule has 0 amide bonds. The van der Waals surface area contributed by atoms with Crippen LogP contribution in [0.4, 0.5) is 0 Å². The maximum atomic E-state index is 4.82. The number of fused-ring (bicyclic) bond motifs is 1. The van der Waals surface area contributed by atoms with Crippen LogP contribution in [-0.2, 0) is 27.2 Å². The van der Waals surface area contributed by atoms with Crippen LogP contribution in [0.15, 0.2) is 24.3 Å². The van der Waals surface area contributed by atoms with Crippen molar-refractivity contribution in [2.24, 2.45) is 14.1 Å². The number of aromatic nitrogens is 5. The summed E-state index contributed by atoms with van der Waals surface area (Å²) in [5, 5.41) is 8.89. The lowest BCUT2D eigenvalue weighted by atomic mass is 9.96. The molecule has 2 aromatic heterocycles. The van der Waals surface area contributed by atoms with Crippen LogP contribution in [0.1, 0.15) is 36.2 Å². The first-order valence-corrected chi connectivity index (χ1v) is 9.68. The third-order valence-corrected chi connectivity index (χ3v) is 5.65. The Hall–Kier alpha value is -2.25. The third-order valence-electron chi connectivity index (χ3n) is 5.65. The van der Waals surface area contributed by atoms with Gasteiger partial charge in [0.1, 0.15) is 17.5 Å². The quantitative estimate of drug-likeness (QED) is 0.692. The van der Waals surface area contributed by atoms with Crippen LogP contribution in [0.5, 0.6) is 0 Å². The van der Waals surface area contributed by atoms with Crippen LogP contribution in [0.3, 0.4) is 0 Å². The predicted octanol–water partition coefficient (Wildman–Crippen LogP) is 2.14. The first-order chi connectivity index (χ1) is 13.0. The molecule has 0 unspecified atom stereocenters. The summed E-state index contributed by atoms with van der Waals surface area (Å²) in [6, 6.07) is 8.35. The highest BCUT2D eigenvalue weighted by Gasteiger charge is 2.26. The van der Waals surface area contributed by atoms with Crippen molar-refractivity contribution in [2.75, 3.05) is 27.2 Å². The number of hydrogen-bond donors (Lipinski definition) is 0. The Labute approximate surface area is 160 Å². The molecule has 0 N–H and O–H groups in total. The Bertz CT molecular complexity index is 916. The van der Waals surface area contributed by atoms with Gasteiger partial charge in [-0.25, -0.2) is 4.98 Å². The van der Waals surface area contributed by atoms with Crippen LogP contribution in [0.25, 0.3) is 11.0 Å². The van der Waals surface area contributed by atoms with Crippen LogP contribution in [0.2, 0.25) is 0 Å². The minimum Gasteiger partial charge on any atom is -0.330 e. The second-order valence-electron chi connectivity index (χ2n) is 7.90. The third kappa shape index (κ3) is 3.61. The van der Waals surface area contributed by atoms with Crippen molar-refractivity contribution in [3.63, 3.8) is 0 Å². The second-order valence-corrected chi connectivity index (χ2v) is 7.90. The molecular weight excluding hydrogens is 338 g/mol. The smallest absolute Gasteiger partial charge is 0.146 e. The number of piperidine rings is 1. The summed E-state index contributed by atoms with van der Waals surface area (Å²) in [6.45, 7) is 3.88. The van der Waals surface area contributed by atoms with E-state index in [0.29, 0.717) is 5.92 Å². The maximum Gasteiger partial charge on any atom is 0.146 e. The van der Waals surface area contributed by atoms with Crippen LogP contribution in [0, 0.1) is 0 Å². The Morgan fingerprint density at radius 1 is 1.00 bits per heavy atom. The maximum absolute atomic E-state index is 4.82. The minimum absolute atomic E-state index is 0.495. The van der Waals surface area contributed by atoms with Gasteiger partial charge in [0.25, 0.3) is 0 Å². The highest BCUT2D eigenvalue weighted by atomic mass is 15.3. The van der Waals surface area contributed by atoms with Crippen molar-refractivity contribution in [3.8, 4) is 0 Å². The van der Waals surface area contributed by atoms with E-state index in [2.05, 4.69) is 81.6 Å². The molecule has 1 aliphatic heterocycles. The molecule has 27 heavy (non-hydrogen) atoms. The zero-order valence-electron chi connectivity index (χ0n) is 16.8. The summed E-state index contributed by atoms with van der Waals surface area (Å²) in [5.41, 5.74) is 2.28. The molecule has 0 bridgehead atoms. The molecule has 7 heteroatoms. The van der Waals surface area contributed by atoms with E-state index in [9.17, 15) is 0 Å². The highest BCUT2D eigenvalue weighted by molar-refractivity contribution is 5.75. The summed E-state index contributed by atoms with van der Waals surface area (Å²) < 4.78 is 4.41. The van der Waals surface area contributed by atoms with Crippen molar-refractivity contribution in [2.45, 2.75) is 31.8 Å². The SMILES string of the molecule is CN(C)Cc1nnc(C2CCN(Cc3nc4ccccc4n3C)CC2)n1C. The lowest BCUT2D eigenvalue weighted by molar-refractivity contribution is 0.195. The molecular formula is C20H29N7. The zero-order valence-corrected chi connectivity index (χ0v) is 16.8. The zero-order chi connectivity index (χ0) is 19.0. The van der Waals surface area contributed by atoms with Crippen LogP contribution < -0.4 is 0 Å². The van der Waals surface area contributed by atoms with Crippen molar-refractivity contribution >= 4 is 11.0 Å². The molecule has 3 heterocycles. The van der Waals surface area contributed by atoms with Crippen LogP contribution in [-0.4, -0.2) is 61.3 Å². The van der Waals surface area contributed by atoms with Crippen molar-refractivity contribution in [1.82, 2.24) is 34.1 Å². The van der Waals surface area contributed by atoms with Gasteiger partial charge in [0.2, 0.25) is 0 Å². The topological polar surface area (TPSA) is 55.0 Å². The molecule has 0 atom stereocenters. The van der Waals surface area contributed by atoms with Gasteiger partial charge < -0.3 is 14.0 Å². The number of rotatable bonds is 5. The van der Waals surface area contributed by atoms with Gasteiger partial charge in [-0.2, -0.15) is 0 Å². The number of imidazole rings is 1. The molecule has 1 saturated heterocycles. The molecule has 0 radical (unpaired) electrons. The molecule has 1 aliphatic rings. The Balaban J connectivity index is 1.40. The van der Waals surface area contributed by atoms with E-state index in [1.165, 1.54) is 5.52 Å². The molecule has 144 valence electrons. The van der Waals surface area contributed by atoms with Gasteiger partial charge in [-0.15, -0.1) is 10.2 Å². The molecule has 0 spiro atoms. The van der Waals surface area contributed by atoms with Crippen molar-refractivity contribution in [1.29, 1.82) is 0 Å². The van der Waals surface area contributed by atoms with Gasteiger partial charge in [0, 0.05) is 20.0 Å². The predicted molar refractivity (Wildman–Crippen MR) is 106 cm³/mol. The number of likely N-dealkylation sites (tertiary alicyclic amines) is 1. The fraction of sp³-hybridized carbons (Fsp3) is 0.550. The monoisotopic (exact) mass is 367 g/mol. The van der Waals surface area contributed by atoms with Gasteiger partial charge in [-0.1, -0.05) is 12.1 Å². The van der Waals surface area contributed by atoms with E-state index < -0.39 is 0 Å². The molecule has 4 rings (SSSR count). The Morgan fingerprint density at radius 3 is 2.44 bits per heavy atom. The molecule has 3 aromatic rings. The van der Waals surface area contributed by atoms with Gasteiger partial charge >= 0.3 is 0 Å². The summed E-state index contributed by atoms with van der Waals surface area (Å²) in [6.07, 6.45) is 2.25. The van der Waals surface area contributed by atoms with E-state index in [1.54, 1.807) is 0 Å². The summed E-state index contributed by atoms with van der Waals surface area (Å²) >= 11 is 0. The lowest BCUT2D eigenvalue weighted by Crippen LogP contribution is -2.34. The fourth-order valence-corrected chi connectivity index (χ4v) is 4.04. The van der Waals surface area contributed by atoms with E-state index in [4.69, 9.17) is 4.98 Å². The largest absolute Gasteiger partial charge is 0.330 e. The second kappa shape index (κ2) is 7.40. The highest BCUT2D eigenvalue weighted by Crippen LogP contribution is 2.28. The molecule has 1 aromatic carbocycles. The molecule has 7 nitrogen and oxygen atoms in total. The Morgan fingerprint density at radius 2 is 1.74 bits per heavy atom. The molecule has 0 aliphatic carbocycles. The standard InChI is InChI=1S/C20H29N7/c1-24(2)13-19-22-23-20(26(19)4)15-9-11-27(12-10-15)14-18-21-16-7-5-6-8-17(16)25(18)3/h5-8,15H,9-14H2,1-4H3. The van der Waals surface area contributed by atoms with E-state index in [0.717, 1.165) is 62.0 Å². The Kier molecular flexibility index (Phi) is 4.97. The average molecular weight is 368 g/mol. The number of nitrogens with zero attached hydrogens (tertiary/aromatic N) is 7. The number of aryl methyl sites for hydroxylation is 1. The van der Waals surface area contributed by atoms with Crippen LogP contribution >= 0.6 is 0 Å². The first-order valence-electron chi connectivity index (χ1n) is 9.68. The van der Waals surface area contributed by atoms with E-state index in [1.807, 2.05) is 0 Å². The summed E-state index contributed by atoms with van der Waals surface area (Å²) in [4.78, 5) is 9.46. The molecule has 0 saturated carbocycles. The lowest BCUT2D eigenvalue weighted by Gasteiger charge is -2.31. The number of para-hydroxylation sites is 2. The number of benzene rings is 1. The normalized spacial score (nSPS) is 16.6. The summed E-state index contributed by atoms with van der Waals surface area (Å²) in [5.74, 6) is 3.81. The number of hydrogen-bond acceptors (Lipinski definition) is 5.